The maximum absolute atomic E-state index is 13.9. The number of aromatic amines is 1. The van der Waals surface area contributed by atoms with Gasteiger partial charge in [-0.05, 0) is 61.2 Å². The maximum Gasteiger partial charge on any atom is 0.513 e. The van der Waals surface area contributed by atoms with Crippen molar-refractivity contribution in [2.24, 2.45) is 0 Å². The molecule has 9 N–H and O–H groups in total. The Morgan fingerprint density at radius 1 is 0.681 bits per heavy atom. The number of nitrogens with zero attached hydrogens (tertiary/aromatic N) is 1. The molecular formula is C44H69N4O18P3. The number of rotatable bonds is 32. The van der Waals surface area contributed by atoms with E-state index in [4.69, 9.17) is 36.8 Å². The van der Waals surface area contributed by atoms with Crippen LogP contribution in [0.2, 0.25) is 0 Å². The van der Waals surface area contributed by atoms with Crippen LogP contribution in [0.15, 0.2) is 76.5 Å². The molecule has 1 aliphatic heterocycles. The molecule has 2 aromatic carbocycles. The molecule has 0 saturated heterocycles. The van der Waals surface area contributed by atoms with Crippen molar-refractivity contribution in [3.05, 3.63) is 104 Å². The molecule has 1 aliphatic rings. The van der Waals surface area contributed by atoms with Crippen molar-refractivity contribution in [3.8, 4) is 11.5 Å². The van der Waals surface area contributed by atoms with Crippen molar-refractivity contribution < 1.29 is 74.2 Å². The third-order valence-corrected chi connectivity index (χ3v) is 14.7. The fourth-order valence-corrected chi connectivity index (χ4v) is 10.4. The number of phosphoric acid groups is 3. The van der Waals surface area contributed by atoms with Gasteiger partial charge in [0.2, 0.25) is 0 Å². The summed E-state index contributed by atoms with van der Waals surface area (Å²) in [7, 11) is -16.5. The number of esters is 1. The van der Waals surface area contributed by atoms with Crippen LogP contribution in [-0.4, -0.2) is 50.8 Å². The number of benzene rings is 2. The molecule has 25 heteroatoms. The number of ether oxygens (including phenoxy) is 4. The molecule has 22 nitrogen and oxygen atoms in total. The van der Waals surface area contributed by atoms with E-state index in [1.807, 2.05) is 6.92 Å². The number of H-pyrrole nitrogens is 1. The smallest absolute Gasteiger partial charge is 0.434 e. The number of carbonyl (C=O) groups is 2. The number of carbonyl (C=O) groups excluding carboxylic acids is 2. The zero-order valence-corrected chi connectivity index (χ0v) is 42.3. The molecule has 0 aliphatic carbocycles. The van der Waals surface area contributed by atoms with E-state index in [0.29, 0.717) is 24.0 Å². The van der Waals surface area contributed by atoms with Gasteiger partial charge in [-0.1, -0.05) is 121 Å². The zero-order chi connectivity index (χ0) is 48.7. The molecule has 0 radical (unpaired) electrons. The lowest BCUT2D eigenvalue weighted by Crippen LogP contribution is -2.33. The summed E-state index contributed by atoms with van der Waals surface area (Å²) in [4.78, 5) is 71.4. The standard InChI is InChI=1S/C44H63N2O18P3.2H3N/c1-4-6-8-9-10-11-12-13-14-15-16-17-29-56-44(50)62-38-25-21-36(22-26-38)32-59-67(55,58-31-35-19-23-37(24-20-35)61-41(47)18-7-5-2)64-66(53,54)63-65(51,52)57-33-39-27-28-40(60-39)46-30-34(3)42(48)45-43(46)49;;/h19-28,30,39-40H,4-18,29,31-33H2,1-3H3,(H,51,52)(H,53,54)(H,45,48,49);2*1H3/t39-,40+,67?;;/m0../s1. The SMILES string of the molecule is CCCCCCCCCCCCCCOC(=O)Oc1ccc(COP(=O)(OCc2ccc(OC(=O)CCCC)cc2)OP(=O)(O)OP(=O)(O)OC[C@@H]2C=C[C@H](n3cc(C)c(=O)[nH]c3=O)O2)cc1.N.N. The van der Waals surface area contributed by atoms with Crippen LogP contribution in [-0.2, 0) is 63.4 Å². The van der Waals surface area contributed by atoms with Gasteiger partial charge in [0.1, 0.15) is 17.6 Å². The van der Waals surface area contributed by atoms with E-state index in [1.165, 1.54) is 125 Å². The third-order valence-electron chi connectivity index (χ3n) is 10.0. The predicted molar refractivity (Wildman–Crippen MR) is 255 cm³/mol. The van der Waals surface area contributed by atoms with Gasteiger partial charge in [0.15, 0.2) is 6.23 Å². The van der Waals surface area contributed by atoms with Crippen LogP contribution in [0.5, 0.6) is 11.5 Å². The van der Waals surface area contributed by atoms with Crippen molar-refractivity contribution in [2.75, 3.05) is 13.2 Å². The van der Waals surface area contributed by atoms with Crippen LogP contribution in [0.4, 0.5) is 4.79 Å². The van der Waals surface area contributed by atoms with Gasteiger partial charge in [-0.3, -0.25) is 32.7 Å². The summed E-state index contributed by atoms with van der Waals surface area (Å²) in [5.41, 5.74) is -0.536. The van der Waals surface area contributed by atoms with Crippen LogP contribution in [0.25, 0.3) is 0 Å². The first-order valence-corrected chi connectivity index (χ1v) is 26.9. The molecule has 0 fully saturated rings. The molecule has 2 heterocycles. The topological polar surface area (TPSA) is 334 Å². The van der Waals surface area contributed by atoms with E-state index in [9.17, 15) is 42.7 Å². The lowest BCUT2D eigenvalue weighted by atomic mass is 10.1. The number of unbranched alkanes of at least 4 members (excludes halogenated alkanes) is 12. The second kappa shape index (κ2) is 31.3. The quantitative estimate of drug-likeness (QED) is 0.00968. The second-order valence-electron chi connectivity index (χ2n) is 15.8. The number of hydrogen-bond acceptors (Lipinski definition) is 18. The fraction of sp³-hybridized carbons (Fsp3) is 0.545. The minimum Gasteiger partial charge on any atom is -0.434 e. The van der Waals surface area contributed by atoms with Gasteiger partial charge in [0.25, 0.3) is 5.56 Å². The van der Waals surface area contributed by atoms with Gasteiger partial charge in [-0.15, -0.1) is 0 Å². The Hall–Kier alpha value is -4.11. The summed E-state index contributed by atoms with van der Waals surface area (Å²) >= 11 is 0. The van der Waals surface area contributed by atoms with E-state index in [-0.39, 0.29) is 42.4 Å². The van der Waals surface area contributed by atoms with Crippen molar-refractivity contribution in [2.45, 2.75) is 143 Å². The molecular weight excluding hydrogens is 965 g/mol. The molecule has 3 aromatic rings. The van der Waals surface area contributed by atoms with Crippen molar-refractivity contribution in [1.29, 1.82) is 0 Å². The first-order valence-electron chi connectivity index (χ1n) is 22.5. The van der Waals surface area contributed by atoms with Crippen LogP contribution in [0.3, 0.4) is 0 Å². The summed E-state index contributed by atoms with van der Waals surface area (Å²) in [5, 5.41) is 0. The van der Waals surface area contributed by atoms with E-state index < -0.39 is 79.0 Å². The first kappa shape index (κ1) is 61.0. The molecule has 0 saturated carbocycles. The monoisotopic (exact) mass is 1030 g/mol. The second-order valence-corrected chi connectivity index (χ2v) is 20.6. The number of aryl methyl sites for hydroxylation is 1. The largest absolute Gasteiger partial charge is 0.513 e. The van der Waals surface area contributed by atoms with Crippen molar-refractivity contribution in [1.82, 2.24) is 21.9 Å². The molecule has 0 amide bonds. The molecule has 0 bridgehead atoms. The normalized spacial score (nSPS) is 16.8. The summed E-state index contributed by atoms with van der Waals surface area (Å²) in [6.07, 6.45) is 16.8. The number of phosphoric ester groups is 2. The minimum atomic E-state index is -5.82. The zero-order valence-electron chi connectivity index (χ0n) is 39.6. The van der Waals surface area contributed by atoms with E-state index in [1.54, 1.807) is 0 Å². The van der Waals surface area contributed by atoms with Crippen LogP contribution in [0.1, 0.15) is 133 Å². The fourth-order valence-electron chi connectivity index (χ4n) is 6.41. The van der Waals surface area contributed by atoms with Crippen LogP contribution >= 0.6 is 23.5 Å². The molecule has 69 heavy (non-hydrogen) atoms. The maximum atomic E-state index is 13.9. The van der Waals surface area contributed by atoms with Crippen molar-refractivity contribution >= 4 is 35.6 Å². The molecule has 0 spiro atoms. The van der Waals surface area contributed by atoms with Gasteiger partial charge >= 0.3 is 41.3 Å². The molecule has 388 valence electrons. The van der Waals surface area contributed by atoms with Gasteiger partial charge in [-0.25, -0.2) is 23.3 Å². The summed E-state index contributed by atoms with van der Waals surface area (Å²) in [6, 6.07) is 11.5. The Morgan fingerprint density at radius 3 is 1.75 bits per heavy atom. The first-order chi connectivity index (χ1) is 32.0. The number of hydrogen-bond donors (Lipinski definition) is 5. The lowest BCUT2D eigenvalue weighted by molar-refractivity contribution is -0.134. The number of nitrogens with one attached hydrogen (secondary N) is 1. The average molecular weight is 1030 g/mol. The Morgan fingerprint density at radius 2 is 1.20 bits per heavy atom. The molecule has 5 atom stereocenters. The average Bonchev–Trinajstić information content (AvgIpc) is 3.76. The highest BCUT2D eigenvalue weighted by Gasteiger charge is 2.44. The van der Waals surface area contributed by atoms with Gasteiger partial charge in [0, 0.05) is 18.2 Å². The van der Waals surface area contributed by atoms with Gasteiger partial charge in [0.05, 0.1) is 26.4 Å². The Balaban J connectivity index is 0.00000817. The highest BCUT2D eigenvalue weighted by atomic mass is 31.3. The van der Waals surface area contributed by atoms with Gasteiger partial charge in [-0.2, -0.15) is 8.62 Å². The third kappa shape index (κ3) is 23.6. The predicted octanol–water partition coefficient (Wildman–Crippen LogP) is 10.7. The summed E-state index contributed by atoms with van der Waals surface area (Å²) in [5.74, 6) is -0.0816. The van der Waals surface area contributed by atoms with Crippen LogP contribution in [0, 0.1) is 6.92 Å². The van der Waals surface area contributed by atoms with E-state index in [2.05, 4.69) is 16.2 Å². The Bertz CT molecular complexity index is 2310. The Kier molecular flexibility index (Phi) is 27.7. The van der Waals surface area contributed by atoms with Gasteiger partial charge < -0.3 is 41.0 Å². The molecule has 4 rings (SSSR count). The summed E-state index contributed by atoms with van der Waals surface area (Å²) < 4.78 is 87.1. The van der Waals surface area contributed by atoms with Crippen LogP contribution < -0.4 is 33.0 Å². The summed E-state index contributed by atoms with van der Waals surface area (Å²) in [6.45, 7) is 3.96. The lowest BCUT2D eigenvalue weighted by Gasteiger charge is -2.22. The van der Waals surface area contributed by atoms with E-state index >= 15 is 0 Å². The van der Waals surface area contributed by atoms with E-state index in [0.717, 1.165) is 30.3 Å². The number of aromatic nitrogens is 2. The molecule has 1 aromatic heterocycles. The van der Waals surface area contributed by atoms with Crippen molar-refractivity contribution in [3.63, 3.8) is 0 Å². The Labute approximate surface area is 402 Å². The highest BCUT2D eigenvalue weighted by molar-refractivity contribution is 7.67. The highest BCUT2D eigenvalue weighted by Crippen LogP contribution is 2.69. The molecule has 3 unspecified atom stereocenters. The minimum absolute atomic E-state index is 0.